The minimum atomic E-state index is 0.591. The van der Waals surface area contributed by atoms with Crippen LogP contribution < -0.4 is 0 Å². The van der Waals surface area contributed by atoms with Crippen LogP contribution in [0.4, 0.5) is 0 Å². The third kappa shape index (κ3) is 2.34. The molecule has 21 heavy (non-hydrogen) atoms. The molecule has 8 nitrogen and oxygen atoms in total. The van der Waals surface area contributed by atoms with Crippen LogP contribution in [0.15, 0.2) is 52.6 Å². The van der Waals surface area contributed by atoms with Gasteiger partial charge in [0.2, 0.25) is 5.16 Å². The zero-order valence-electron chi connectivity index (χ0n) is 10.6. The lowest BCUT2D eigenvalue weighted by molar-refractivity contribution is 0.702. The zero-order valence-corrected chi connectivity index (χ0v) is 11.4. The maximum atomic E-state index is 4.44. The van der Waals surface area contributed by atoms with Crippen molar-refractivity contribution in [1.29, 1.82) is 0 Å². The number of H-pyrrole nitrogens is 1. The standard InChI is InChI=1S/C12H8N8S/c1-2-4-8(5-3-1)11-13-12(16-15-11)21-10-7-6-9-14-18-19-20(9)17-10/h1-7H,(H,13,15,16). The first-order valence-corrected chi connectivity index (χ1v) is 6.91. The Bertz CT molecular complexity index is 884. The fourth-order valence-corrected chi connectivity index (χ4v) is 2.47. The molecule has 4 rings (SSSR count). The van der Waals surface area contributed by atoms with Crippen molar-refractivity contribution in [2.45, 2.75) is 10.2 Å². The minimum Gasteiger partial charge on any atom is -0.258 e. The van der Waals surface area contributed by atoms with Crippen LogP contribution in [0.25, 0.3) is 17.0 Å². The summed E-state index contributed by atoms with van der Waals surface area (Å²) in [5.41, 5.74) is 1.58. The Morgan fingerprint density at radius 1 is 1.05 bits per heavy atom. The number of aromatic amines is 1. The van der Waals surface area contributed by atoms with Gasteiger partial charge in [-0.05, 0) is 34.3 Å². The van der Waals surface area contributed by atoms with Gasteiger partial charge in [-0.15, -0.1) is 19.9 Å². The van der Waals surface area contributed by atoms with Gasteiger partial charge in [0.05, 0.1) is 0 Å². The smallest absolute Gasteiger partial charge is 0.215 e. The molecule has 0 atom stereocenters. The molecule has 0 aliphatic heterocycles. The van der Waals surface area contributed by atoms with E-state index in [0.29, 0.717) is 15.8 Å². The first-order valence-electron chi connectivity index (χ1n) is 6.09. The molecule has 102 valence electrons. The number of aromatic nitrogens is 8. The zero-order chi connectivity index (χ0) is 14.1. The van der Waals surface area contributed by atoms with Crippen molar-refractivity contribution in [3.05, 3.63) is 42.5 Å². The highest BCUT2D eigenvalue weighted by Gasteiger charge is 2.09. The molecule has 4 aromatic rings. The van der Waals surface area contributed by atoms with Gasteiger partial charge in [-0.25, -0.2) is 4.98 Å². The number of hydrogen-bond acceptors (Lipinski definition) is 7. The summed E-state index contributed by atoms with van der Waals surface area (Å²) < 4.78 is 1.37. The van der Waals surface area contributed by atoms with Crippen LogP contribution in [-0.4, -0.2) is 40.4 Å². The van der Waals surface area contributed by atoms with E-state index in [1.54, 1.807) is 6.07 Å². The van der Waals surface area contributed by atoms with Gasteiger partial charge in [-0.3, -0.25) is 5.10 Å². The van der Waals surface area contributed by atoms with Gasteiger partial charge in [0.15, 0.2) is 11.5 Å². The maximum Gasteiger partial charge on any atom is 0.215 e. The number of rotatable bonds is 3. The molecule has 0 aliphatic carbocycles. The quantitative estimate of drug-likeness (QED) is 0.611. The molecular weight excluding hydrogens is 288 g/mol. The van der Waals surface area contributed by atoms with Crippen LogP contribution in [0.3, 0.4) is 0 Å². The Labute approximate surface area is 122 Å². The summed E-state index contributed by atoms with van der Waals surface area (Å²) in [6, 6.07) is 13.4. The number of hydrogen-bond donors (Lipinski definition) is 1. The molecule has 3 aromatic heterocycles. The van der Waals surface area contributed by atoms with Crippen molar-refractivity contribution in [1.82, 2.24) is 40.4 Å². The van der Waals surface area contributed by atoms with Gasteiger partial charge < -0.3 is 0 Å². The first-order chi connectivity index (χ1) is 10.4. The highest BCUT2D eigenvalue weighted by molar-refractivity contribution is 7.99. The van der Waals surface area contributed by atoms with E-state index in [1.165, 1.54) is 16.4 Å². The summed E-state index contributed by atoms with van der Waals surface area (Å²) in [7, 11) is 0. The lowest BCUT2D eigenvalue weighted by Gasteiger charge is -1.95. The highest BCUT2D eigenvalue weighted by atomic mass is 32.2. The molecule has 0 aliphatic rings. The summed E-state index contributed by atoms with van der Waals surface area (Å²) in [4.78, 5) is 4.44. The van der Waals surface area contributed by atoms with Crippen LogP contribution in [0.1, 0.15) is 0 Å². The van der Waals surface area contributed by atoms with E-state index in [1.807, 2.05) is 36.4 Å². The van der Waals surface area contributed by atoms with Gasteiger partial charge in [0.1, 0.15) is 5.03 Å². The summed E-state index contributed by atoms with van der Waals surface area (Å²) in [5.74, 6) is 0.724. The average molecular weight is 296 g/mol. The normalized spacial score (nSPS) is 11.0. The van der Waals surface area contributed by atoms with Gasteiger partial charge in [0.25, 0.3) is 0 Å². The Hall–Kier alpha value is -2.81. The maximum absolute atomic E-state index is 4.44. The molecule has 0 fully saturated rings. The molecule has 1 aromatic carbocycles. The fourth-order valence-electron chi connectivity index (χ4n) is 1.80. The van der Waals surface area contributed by atoms with Crippen molar-refractivity contribution in [2.24, 2.45) is 0 Å². The van der Waals surface area contributed by atoms with E-state index in [4.69, 9.17) is 0 Å². The third-order valence-corrected chi connectivity index (χ3v) is 3.55. The molecule has 0 saturated heterocycles. The first kappa shape index (κ1) is 12.0. The van der Waals surface area contributed by atoms with Crippen molar-refractivity contribution in [2.75, 3.05) is 0 Å². The topological polar surface area (TPSA) is 97.5 Å². The summed E-state index contributed by atoms with van der Waals surface area (Å²) in [5, 5.41) is 23.8. The summed E-state index contributed by atoms with van der Waals surface area (Å²) in [6.07, 6.45) is 0. The SMILES string of the molecule is c1ccc(-c2nc(Sc3ccc4nnnn4n3)n[nH]2)cc1. The summed E-state index contributed by atoms with van der Waals surface area (Å²) in [6.45, 7) is 0. The average Bonchev–Trinajstić information content (AvgIpc) is 3.17. The van der Waals surface area contributed by atoms with E-state index >= 15 is 0 Å². The number of nitrogens with zero attached hydrogens (tertiary/aromatic N) is 7. The molecule has 1 N–H and O–H groups in total. The fraction of sp³-hybridized carbons (Fsp3) is 0. The highest BCUT2D eigenvalue weighted by Crippen LogP contribution is 2.24. The van der Waals surface area contributed by atoms with Gasteiger partial charge in [-0.1, -0.05) is 30.3 Å². The lowest BCUT2D eigenvalue weighted by Crippen LogP contribution is -1.95. The Morgan fingerprint density at radius 2 is 1.95 bits per heavy atom. The Morgan fingerprint density at radius 3 is 2.86 bits per heavy atom. The number of tetrazole rings is 1. The van der Waals surface area contributed by atoms with Gasteiger partial charge in [-0.2, -0.15) is 0 Å². The number of nitrogens with one attached hydrogen (secondary N) is 1. The predicted octanol–water partition coefficient (Wildman–Crippen LogP) is 1.46. The van der Waals surface area contributed by atoms with E-state index in [-0.39, 0.29) is 0 Å². The second kappa shape index (κ2) is 4.94. The second-order valence-corrected chi connectivity index (χ2v) is 5.12. The van der Waals surface area contributed by atoms with E-state index < -0.39 is 0 Å². The van der Waals surface area contributed by atoms with E-state index in [2.05, 4.69) is 35.8 Å². The van der Waals surface area contributed by atoms with Gasteiger partial charge >= 0.3 is 0 Å². The molecule has 0 radical (unpaired) electrons. The molecule has 0 saturated carbocycles. The van der Waals surface area contributed by atoms with Crippen LogP contribution in [0, 0.1) is 0 Å². The van der Waals surface area contributed by atoms with E-state index in [0.717, 1.165) is 11.4 Å². The van der Waals surface area contributed by atoms with Crippen molar-refractivity contribution < 1.29 is 0 Å². The molecular formula is C12H8N8S. The van der Waals surface area contributed by atoms with Gasteiger partial charge in [0, 0.05) is 5.56 Å². The van der Waals surface area contributed by atoms with Crippen LogP contribution in [0.5, 0.6) is 0 Å². The van der Waals surface area contributed by atoms with Crippen LogP contribution in [-0.2, 0) is 0 Å². The van der Waals surface area contributed by atoms with E-state index in [9.17, 15) is 0 Å². The molecule has 0 amide bonds. The van der Waals surface area contributed by atoms with Crippen LogP contribution in [0.2, 0.25) is 0 Å². The monoisotopic (exact) mass is 296 g/mol. The largest absolute Gasteiger partial charge is 0.258 e. The number of fused-ring (bicyclic) bond motifs is 1. The molecule has 0 bridgehead atoms. The minimum absolute atomic E-state index is 0.591. The lowest BCUT2D eigenvalue weighted by atomic mass is 10.2. The second-order valence-electron chi connectivity index (χ2n) is 4.13. The Balaban J connectivity index is 1.61. The Kier molecular flexibility index (Phi) is 2.82. The molecule has 9 heteroatoms. The summed E-state index contributed by atoms with van der Waals surface area (Å²) >= 11 is 1.34. The molecule has 0 unspecified atom stereocenters. The molecule has 3 heterocycles. The predicted molar refractivity (Wildman–Crippen MR) is 74.5 cm³/mol. The third-order valence-electron chi connectivity index (χ3n) is 2.75. The molecule has 0 spiro atoms. The number of benzene rings is 1. The van der Waals surface area contributed by atoms with Crippen molar-refractivity contribution in [3.63, 3.8) is 0 Å². The van der Waals surface area contributed by atoms with Crippen molar-refractivity contribution in [3.8, 4) is 11.4 Å². The van der Waals surface area contributed by atoms with Crippen molar-refractivity contribution >= 4 is 17.4 Å². The van der Waals surface area contributed by atoms with Crippen LogP contribution >= 0.6 is 11.8 Å².